The van der Waals surface area contributed by atoms with Crippen LogP contribution in [0.5, 0.6) is 5.75 Å². The molecule has 1 saturated carbocycles. The van der Waals surface area contributed by atoms with Crippen molar-refractivity contribution in [2.45, 2.75) is 50.2 Å². The summed E-state index contributed by atoms with van der Waals surface area (Å²) in [5.41, 5.74) is 2.74. The second kappa shape index (κ2) is 8.49. The van der Waals surface area contributed by atoms with Crippen LogP contribution in [0.2, 0.25) is 0 Å². The highest BCUT2D eigenvalue weighted by molar-refractivity contribution is 7.98. The van der Waals surface area contributed by atoms with Gasteiger partial charge in [0.1, 0.15) is 11.6 Å². The van der Waals surface area contributed by atoms with Crippen LogP contribution in [0, 0.1) is 5.92 Å². The van der Waals surface area contributed by atoms with E-state index in [2.05, 4.69) is 22.7 Å². The molecule has 8 heteroatoms. The number of methoxy groups -OCH3 is 1. The molecule has 1 aliphatic heterocycles. The maximum atomic E-state index is 12.7. The van der Waals surface area contributed by atoms with Crippen molar-refractivity contribution in [1.29, 1.82) is 0 Å². The van der Waals surface area contributed by atoms with Gasteiger partial charge in [0, 0.05) is 23.1 Å². The van der Waals surface area contributed by atoms with Crippen molar-refractivity contribution >= 4 is 29.4 Å². The average molecular weight is 415 g/mol. The predicted molar refractivity (Wildman–Crippen MR) is 113 cm³/mol. The molecule has 154 valence electrons. The number of fused-ring (bicyclic) bond motifs is 1. The van der Waals surface area contributed by atoms with Gasteiger partial charge >= 0.3 is 11.8 Å². The lowest BCUT2D eigenvalue weighted by atomic mass is 9.86. The number of benzene rings is 1. The largest absolute Gasteiger partial charge is 0.497 e. The smallest absolute Gasteiger partial charge is 0.314 e. The fourth-order valence-corrected chi connectivity index (χ4v) is 5.02. The Balaban J connectivity index is 1.54. The van der Waals surface area contributed by atoms with Crippen LogP contribution in [0.25, 0.3) is 5.69 Å². The molecule has 2 aromatic rings. The van der Waals surface area contributed by atoms with Crippen molar-refractivity contribution in [2.75, 3.05) is 12.4 Å². The normalized spacial score (nSPS) is 20.8. The van der Waals surface area contributed by atoms with Crippen molar-refractivity contribution in [3.63, 3.8) is 0 Å². The van der Waals surface area contributed by atoms with Crippen LogP contribution >= 0.6 is 11.8 Å². The van der Waals surface area contributed by atoms with E-state index in [-0.39, 0.29) is 6.04 Å². The summed E-state index contributed by atoms with van der Waals surface area (Å²) in [5, 5.41) is 10.4. The summed E-state index contributed by atoms with van der Waals surface area (Å²) in [5.74, 6) is 2.06. The number of hydrogen-bond donors (Lipinski definition) is 2. The number of hydrogen-bond acceptors (Lipinski definition) is 5. The number of carbonyl (C=O) groups excluding carboxylic acids is 2. The fourth-order valence-electron chi connectivity index (χ4n) is 3.98. The van der Waals surface area contributed by atoms with Crippen molar-refractivity contribution < 1.29 is 14.3 Å². The Kier molecular flexibility index (Phi) is 5.80. The van der Waals surface area contributed by atoms with E-state index in [0.717, 1.165) is 53.5 Å². The van der Waals surface area contributed by atoms with Gasteiger partial charge in [-0.1, -0.05) is 19.8 Å². The van der Waals surface area contributed by atoms with Crippen LogP contribution in [0.3, 0.4) is 0 Å². The first-order valence-electron chi connectivity index (χ1n) is 10.0. The van der Waals surface area contributed by atoms with Gasteiger partial charge in [-0.25, -0.2) is 4.68 Å². The topological polar surface area (TPSA) is 85.2 Å². The number of amides is 2. The maximum Gasteiger partial charge on any atom is 0.314 e. The van der Waals surface area contributed by atoms with Gasteiger partial charge in [0.25, 0.3) is 0 Å². The summed E-state index contributed by atoms with van der Waals surface area (Å²) in [7, 11) is 1.62. The molecule has 1 aromatic carbocycles. The highest BCUT2D eigenvalue weighted by atomic mass is 32.2. The Bertz CT molecular complexity index is 909. The van der Waals surface area contributed by atoms with Gasteiger partial charge in [-0.3, -0.25) is 9.59 Å². The molecule has 2 atom stereocenters. The molecule has 2 N–H and O–H groups in total. The van der Waals surface area contributed by atoms with Gasteiger partial charge in [0.15, 0.2) is 0 Å². The van der Waals surface area contributed by atoms with Gasteiger partial charge in [0.2, 0.25) is 0 Å². The highest BCUT2D eigenvalue weighted by Gasteiger charge is 2.29. The first-order chi connectivity index (χ1) is 14.1. The van der Waals surface area contributed by atoms with E-state index in [1.54, 1.807) is 23.6 Å². The third-order valence-corrected chi connectivity index (χ3v) is 6.71. The molecule has 1 fully saturated rings. The second-order valence-electron chi connectivity index (χ2n) is 7.67. The van der Waals surface area contributed by atoms with Gasteiger partial charge in [0.05, 0.1) is 18.5 Å². The van der Waals surface area contributed by atoms with E-state index in [4.69, 9.17) is 4.74 Å². The molecule has 7 nitrogen and oxygen atoms in total. The standard InChI is InChI=1S/C21H26N4O3S/c1-13-5-3-4-6-17(13)22-20(26)21(27)23-19-16-11-29-12-18(16)24-25(19)14-7-9-15(28-2)10-8-14/h7-10,13,17H,3-6,11-12H2,1-2H3,(H,22,26)(H,23,27)/t13-,17+/m1/s1. The molecule has 29 heavy (non-hydrogen) atoms. The molecule has 0 spiro atoms. The van der Waals surface area contributed by atoms with Crippen molar-refractivity contribution in [3.8, 4) is 11.4 Å². The van der Waals surface area contributed by atoms with E-state index < -0.39 is 11.8 Å². The van der Waals surface area contributed by atoms with Crippen LogP contribution < -0.4 is 15.4 Å². The minimum Gasteiger partial charge on any atom is -0.497 e. The third-order valence-electron chi connectivity index (χ3n) is 5.74. The summed E-state index contributed by atoms with van der Waals surface area (Å²) < 4.78 is 6.92. The molecule has 0 bridgehead atoms. The van der Waals surface area contributed by atoms with E-state index in [0.29, 0.717) is 11.7 Å². The molecule has 4 rings (SSSR count). The van der Waals surface area contributed by atoms with Gasteiger partial charge < -0.3 is 15.4 Å². The molecular formula is C21H26N4O3S. The Morgan fingerprint density at radius 2 is 1.90 bits per heavy atom. The molecule has 2 heterocycles. The zero-order chi connectivity index (χ0) is 20.4. The van der Waals surface area contributed by atoms with Gasteiger partial charge in [-0.15, -0.1) is 0 Å². The van der Waals surface area contributed by atoms with Crippen molar-refractivity contribution in [1.82, 2.24) is 15.1 Å². The Hall–Kier alpha value is -2.48. The van der Waals surface area contributed by atoms with Crippen LogP contribution in [0.15, 0.2) is 24.3 Å². The van der Waals surface area contributed by atoms with E-state index >= 15 is 0 Å². The van der Waals surface area contributed by atoms with E-state index in [1.807, 2.05) is 24.3 Å². The van der Waals surface area contributed by atoms with Gasteiger partial charge in [-0.2, -0.15) is 16.9 Å². The number of carbonyl (C=O) groups is 2. The number of thioether (sulfide) groups is 1. The Morgan fingerprint density at radius 1 is 1.14 bits per heavy atom. The predicted octanol–water partition coefficient (Wildman–Crippen LogP) is 3.26. The Labute approximate surface area is 174 Å². The zero-order valence-corrected chi connectivity index (χ0v) is 17.6. The Morgan fingerprint density at radius 3 is 2.62 bits per heavy atom. The van der Waals surface area contributed by atoms with Crippen molar-refractivity contribution in [3.05, 3.63) is 35.5 Å². The lowest BCUT2D eigenvalue weighted by molar-refractivity contribution is -0.137. The molecule has 1 aliphatic carbocycles. The number of ether oxygens (including phenoxy) is 1. The molecule has 2 amide bonds. The number of nitrogens with one attached hydrogen (secondary N) is 2. The SMILES string of the molecule is COc1ccc(-n2nc3c(c2NC(=O)C(=O)N[C@H]2CCCC[C@H]2C)CSC3)cc1. The van der Waals surface area contributed by atoms with Crippen LogP contribution in [0.4, 0.5) is 5.82 Å². The summed E-state index contributed by atoms with van der Waals surface area (Å²) in [4.78, 5) is 25.2. The summed E-state index contributed by atoms with van der Waals surface area (Å²) in [6.45, 7) is 2.13. The molecule has 0 radical (unpaired) electrons. The van der Waals surface area contributed by atoms with E-state index in [9.17, 15) is 9.59 Å². The molecular weight excluding hydrogens is 388 g/mol. The van der Waals surface area contributed by atoms with Crippen LogP contribution in [-0.4, -0.2) is 34.7 Å². The summed E-state index contributed by atoms with van der Waals surface area (Å²) in [6, 6.07) is 7.52. The van der Waals surface area contributed by atoms with Gasteiger partial charge in [-0.05, 0) is 43.0 Å². The lowest BCUT2D eigenvalue weighted by Gasteiger charge is -2.29. The fraction of sp³-hybridized carbons (Fsp3) is 0.476. The lowest BCUT2D eigenvalue weighted by Crippen LogP contribution is -2.46. The molecule has 1 aromatic heterocycles. The van der Waals surface area contributed by atoms with Crippen LogP contribution in [-0.2, 0) is 21.1 Å². The number of aromatic nitrogens is 2. The highest BCUT2D eigenvalue weighted by Crippen LogP contribution is 2.36. The monoisotopic (exact) mass is 414 g/mol. The first-order valence-corrected chi connectivity index (χ1v) is 11.2. The molecule has 0 unspecified atom stereocenters. The van der Waals surface area contributed by atoms with E-state index in [1.165, 1.54) is 6.42 Å². The number of anilines is 1. The molecule has 0 saturated heterocycles. The summed E-state index contributed by atoms with van der Waals surface area (Å²) in [6.07, 6.45) is 4.29. The second-order valence-corrected chi connectivity index (χ2v) is 8.66. The minimum atomic E-state index is -0.642. The average Bonchev–Trinajstić information content (AvgIpc) is 3.32. The van der Waals surface area contributed by atoms with Crippen molar-refractivity contribution in [2.24, 2.45) is 5.92 Å². The zero-order valence-electron chi connectivity index (χ0n) is 16.7. The summed E-state index contributed by atoms with van der Waals surface area (Å²) >= 11 is 1.75. The maximum absolute atomic E-state index is 12.7. The number of rotatable bonds is 4. The minimum absolute atomic E-state index is 0.0646. The molecule has 2 aliphatic rings. The van der Waals surface area contributed by atoms with Crippen LogP contribution in [0.1, 0.15) is 43.9 Å². The first kappa shape index (κ1) is 19.8. The third kappa shape index (κ3) is 4.12. The quantitative estimate of drug-likeness (QED) is 0.750. The number of nitrogens with zero attached hydrogens (tertiary/aromatic N) is 2.